The van der Waals surface area contributed by atoms with Crippen molar-refractivity contribution in [3.05, 3.63) is 56.2 Å². The number of carbonyl (C=O) groups excluding carboxylic acids is 1. The van der Waals surface area contributed by atoms with Crippen LogP contribution in [-0.4, -0.2) is 24.2 Å². The van der Waals surface area contributed by atoms with Gasteiger partial charge in [0.25, 0.3) is 5.91 Å². The van der Waals surface area contributed by atoms with Gasteiger partial charge in [0.1, 0.15) is 5.75 Å². The highest BCUT2D eigenvalue weighted by Crippen LogP contribution is 2.31. The molecule has 0 atom stereocenters. The lowest BCUT2D eigenvalue weighted by Crippen LogP contribution is -2.17. The Hall–Kier alpha value is -1.73. The van der Waals surface area contributed by atoms with E-state index < -0.39 is 0 Å². The molecule has 0 aliphatic carbocycles. The number of hydrogen-bond acceptors (Lipinski definition) is 4. The molecule has 2 rings (SSSR count). The third-order valence-electron chi connectivity index (χ3n) is 2.78. The molecule has 114 valence electrons. The van der Waals surface area contributed by atoms with Crippen LogP contribution in [0.4, 0.5) is 0 Å². The van der Waals surface area contributed by atoms with Gasteiger partial charge in [0.15, 0.2) is 0 Å². The molecule has 1 heterocycles. The second-order valence-corrected chi connectivity index (χ2v) is 6.17. The van der Waals surface area contributed by atoms with E-state index >= 15 is 0 Å². The van der Waals surface area contributed by atoms with Crippen LogP contribution >= 0.6 is 31.9 Å². The first-order valence-corrected chi connectivity index (χ1v) is 7.89. The number of nitrogens with zero attached hydrogens (tertiary/aromatic N) is 2. The quantitative estimate of drug-likeness (QED) is 0.599. The SMILES string of the molecule is COc1c(Br)cc(Br)cc1/C=N/NC(=O)c1ccc(C)nc1. The van der Waals surface area contributed by atoms with Gasteiger partial charge >= 0.3 is 0 Å². The molecule has 0 radical (unpaired) electrons. The summed E-state index contributed by atoms with van der Waals surface area (Å²) in [5.41, 5.74) is 4.49. The van der Waals surface area contributed by atoms with Crippen molar-refractivity contribution in [3.63, 3.8) is 0 Å². The number of ether oxygens (including phenoxy) is 1. The summed E-state index contributed by atoms with van der Waals surface area (Å²) in [5, 5.41) is 3.96. The zero-order chi connectivity index (χ0) is 16.1. The van der Waals surface area contributed by atoms with Crippen LogP contribution in [0, 0.1) is 6.92 Å². The van der Waals surface area contributed by atoms with Crippen LogP contribution in [0.5, 0.6) is 5.75 Å². The normalized spacial score (nSPS) is 10.7. The van der Waals surface area contributed by atoms with Gasteiger partial charge in [-0.1, -0.05) is 15.9 Å². The molecule has 5 nitrogen and oxygen atoms in total. The molecule has 0 aliphatic heterocycles. The van der Waals surface area contributed by atoms with Crippen molar-refractivity contribution in [3.8, 4) is 5.75 Å². The molecule has 1 aromatic carbocycles. The molecular formula is C15H13Br2N3O2. The van der Waals surface area contributed by atoms with Crippen LogP contribution < -0.4 is 10.2 Å². The summed E-state index contributed by atoms with van der Waals surface area (Å²) in [6.45, 7) is 1.86. The van der Waals surface area contributed by atoms with E-state index in [2.05, 4.69) is 47.4 Å². The van der Waals surface area contributed by atoms with Gasteiger partial charge in [-0.3, -0.25) is 9.78 Å². The van der Waals surface area contributed by atoms with E-state index in [0.717, 1.165) is 20.2 Å². The predicted molar refractivity (Wildman–Crippen MR) is 92.4 cm³/mol. The molecule has 0 spiro atoms. The summed E-state index contributed by atoms with van der Waals surface area (Å²) >= 11 is 6.81. The van der Waals surface area contributed by atoms with E-state index in [1.165, 1.54) is 12.4 Å². The number of methoxy groups -OCH3 is 1. The number of rotatable bonds is 4. The van der Waals surface area contributed by atoms with Gasteiger partial charge in [0.2, 0.25) is 0 Å². The summed E-state index contributed by atoms with van der Waals surface area (Å²) in [6, 6.07) is 7.18. The summed E-state index contributed by atoms with van der Waals surface area (Å²) in [7, 11) is 1.57. The van der Waals surface area contributed by atoms with Crippen LogP contribution in [0.3, 0.4) is 0 Å². The van der Waals surface area contributed by atoms with Gasteiger partial charge in [0, 0.05) is 21.9 Å². The Balaban J connectivity index is 2.12. The third kappa shape index (κ3) is 4.14. The Morgan fingerprint density at radius 3 is 2.77 bits per heavy atom. The van der Waals surface area contributed by atoms with E-state index in [1.807, 2.05) is 19.1 Å². The zero-order valence-electron chi connectivity index (χ0n) is 11.9. The molecule has 0 bridgehead atoms. The lowest BCUT2D eigenvalue weighted by atomic mass is 10.2. The van der Waals surface area contributed by atoms with Crippen molar-refractivity contribution >= 4 is 44.0 Å². The Kier molecular flexibility index (Phi) is 5.68. The minimum atomic E-state index is -0.322. The third-order valence-corrected chi connectivity index (χ3v) is 3.83. The van der Waals surface area contributed by atoms with E-state index in [0.29, 0.717) is 11.3 Å². The fourth-order valence-corrected chi connectivity index (χ4v) is 3.14. The summed E-state index contributed by atoms with van der Waals surface area (Å²) in [5.74, 6) is 0.315. The molecule has 1 aromatic heterocycles. The second-order valence-electron chi connectivity index (χ2n) is 4.40. The van der Waals surface area contributed by atoms with Crippen LogP contribution in [-0.2, 0) is 0 Å². The summed E-state index contributed by atoms with van der Waals surface area (Å²) < 4.78 is 6.97. The Morgan fingerprint density at radius 1 is 1.36 bits per heavy atom. The standard InChI is InChI=1S/C15H13Br2N3O2/c1-9-3-4-10(7-18-9)15(21)20-19-8-11-5-12(16)6-13(17)14(11)22-2/h3-8H,1-2H3,(H,20,21)/b19-8+. The number of halogens is 2. The monoisotopic (exact) mass is 425 g/mol. The fourth-order valence-electron chi connectivity index (χ4n) is 1.72. The van der Waals surface area contributed by atoms with Crippen molar-refractivity contribution < 1.29 is 9.53 Å². The maximum atomic E-state index is 11.9. The number of benzene rings is 1. The second kappa shape index (κ2) is 7.51. The minimum absolute atomic E-state index is 0.322. The molecule has 0 fully saturated rings. The van der Waals surface area contributed by atoms with Gasteiger partial charge in [-0.25, -0.2) is 5.43 Å². The minimum Gasteiger partial charge on any atom is -0.495 e. The molecule has 2 aromatic rings. The summed E-state index contributed by atoms with van der Waals surface area (Å²) in [6.07, 6.45) is 3.03. The van der Waals surface area contributed by atoms with E-state index in [-0.39, 0.29) is 5.91 Å². The van der Waals surface area contributed by atoms with Crippen LogP contribution in [0.25, 0.3) is 0 Å². The van der Waals surface area contributed by atoms with Crippen molar-refractivity contribution in [1.29, 1.82) is 0 Å². The zero-order valence-corrected chi connectivity index (χ0v) is 15.1. The number of hydrogen-bond donors (Lipinski definition) is 1. The number of aromatic nitrogens is 1. The van der Waals surface area contributed by atoms with Crippen molar-refractivity contribution in [2.75, 3.05) is 7.11 Å². The number of nitrogens with one attached hydrogen (secondary N) is 1. The molecule has 22 heavy (non-hydrogen) atoms. The summed E-state index contributed by atoms with van der Waals surface area (Å²) in [4.78, 5) is 16.0. The van der Waals surface area contributed by atoms with Crippen LogP contribution in [0.15, 0.2) is 44.5 Å². The average molecular weight is 427 g/mol. The molecular weight excluding hydrogens is 414 g/mol. The van der Waals surface area contributed by atoms with Crippen molar-refractivity contribution in [1.82, 2.24) is 10.4 Å². The fraction of sp³-hybridized carbons (Fsp3) is 0.133. The molecule has 1 amide bonds. The largest absolute Gasteiger partial charge is 0.495 e. The highest BCUT2D eigenvalue weighted by Gasteiger charge is 2.08. The first-order valence-electron chi connectivity index (χ1n) is 6.30. The lowest BCUT2D eigenvalue weighted by molar-refractivity contribution is 0.0955. The van der Waals surface area contributed by atoms with Gasteiger partial charge in [-0.2, -0.15) is 5.10 Å². The van der Waals surface area contributed by atoms with E-state index in [4.69, 9.17) is 4.74 Å². The van der Waals surface area contributed by atoms with Gasteiger partial charge < -0.3 is 4.74 Å². The molecule has 0 aliphatic rings. The highest BCUT2D eigenvalue weighted by molar-refractivity contribution is 9.11. The van der Waals surface area contributed by atoms with E-state index in [9.17, 15) is 4.79 Å². The number of carbonyl (C=O) groups is 1. The van der Waals surface area contributed by atoms with Crippen LogP contribution in [0.1, 0.15) is 21.6 Å². The van der Waals surface area contributed by atoms with Crippen molar-refractivity contribution in [2.24, 2.45) is 5.10 Å². The van der Waals surface area contributed by atoms with Gasteiger partial charge in [0.05, 0.1) is 23.4 Å². The number of amides is 1. The van der Waals surface area contributed by atoms with Crippen LogP contribution in [0.2, 0.25) is 0 Å². The number of hydrazone groups is 1. The number of aryl methyl sites for hydroxylation is 1. The smallest absolute Gasteiger partial charge is 0.272 e. The lowest BCUT2D eigenvalue weighted by Gasteiger charge is -2.07. The molecule has 1 N–H and O–H groups in total. The number of pyridine rings is 1. The van der Waals surface area contributed by atoms with Crippen molar-refractivity contribution in [2.45, 2.75) is 6.92 Å². The maximum absolute atomic E-state index is 11.9. The Morgan fingerprint density at radius 2 is 2.14 bits per heavy atom. The van der Waals surface area contributed by atoms with Gasteiger partial charge in [-0.15, -0.1) is 0 Å². The molecule has 0 saturated carbocycles. The molecule has 7 heteroatoms. The maximum Gasteiger partial charge on any atom is 0.272 e. The molecule has 0 saturated heterocycles. The van der Waals surface area contributed by atoms with E-state index in [1.54, 1.807) is 19.2 Å². The Bertz CT molecular complexity index is 715. The predicted octanol–water partition coefficient (Wildman–Crippen LogP) is 3.69. The highest BCUT2D eigenvalue weighted by atomic mass is 79.9. The first kappa shape index (κ1) is 16.6. The topological polar surface area (TPSA) is 63.6 Å². The van der Waals surface area contributed by atoms with Gasteiger partial charge in [-0.05, 0) is 47.1 Å². The Labute approximate surface area is 145 Å². The first-order chi connectivity index (χ1) is 10.5. The average Bonchev–Trinajstić information content (AvgIpc) is 2.47. The molecule has 0 unspecified atom stereocenters.